The highest BCUT2D eigenvalue weighted by molar-refractivity contribution is 8.23. The van der Waals surface area contributed by atoms with Crippen molar-refractivity contribution in [1.29, 1.82) is 0 Å². The number of carbonyl (C=O) groups excluding carboxylic acids is 2. The Morgan fingerprint density at radius 1 is 0.914 bits per heavy atom. The first kappa shape index (κ1) is 51.3. The predicted molar refractivity (Wildman–Crippen MR) is 262 cm³/mol. The summed E-state index contributed by atoms with van der Waals surface area (Å²) in [6.07, 6.45) is 16.0. The zero-order chi connectivity index (χ0) is 42.6. The molecule has 314 valence electrons. The number of nitrogens with one attached hydrogen (secondary N) is 1. The molecule has 0 radical (unpaired) electrons. The molecule has 0 spiro atoms. The lowest BCUT2D eigenvalue weighted by molar-refractivity contribution is -0.143. The topological polar surface area (TPSA) is 55.4 Å². The van der Waals surface area contributed by atoms with Gasteiger partial charge in [0.05, 0.1) is 10.8 Å². The van der Waals surface area contributed by atoms with Crippen molar-refractivity contribution in [3.8, 4) is 0 Å². The predicted octanol–water partition coefficient (Wildman–Crippen LogP) is 13.6. The highest BCUT2D eigenvalue weighted by Gasteiger charge is 2.41. The van der Waals surface area contributed by atoms with Crippen molar-refractivity contribution < 1.29 is 14.3 Å². The summed E-state index contributed by atoms with van der Waals surface area (Å²) in [5, 5.41) is 4.08. The number of benzene rings is 4. The van der Waals surface area contributed by atoms with Gasteiger partial charge in [0.25, 0.3) is 0 Å². The van der Waals surface area contributed by atoms with Crippen molar-refractivity contribution in [1.82, 2.24) is 5.32 Å². The molecule has 4 nitrogen and oxygen atoms in total. The Labute approximate surface area is 375 Å². The van der Waals surface area contributed by atoms with Crippen LogP contribution in [0.1, 0.15) is 117 Å². The number of aryl methyl sites for hydroxylation is 1. The molecule has 1 aliphatic rings. The van der Waals surface area contributed by atoms with Crippen LogP contribution in [-0.4, -0.2) is 42.1 Å². The second kappa shape index (κ2) is 30.2. The molecule has 1 fully saturated rings. The molecule has 3 unspecified atom stereocenters. The fraction of sp³-hybridized carbons (Fsp3) is 0.408. The zero-order valence-electron chi connectivity index (χ0n) is 34.8. The second-order valence-corrected chi connectivity index (χ2v) is 16.2. The third kappa shape index (κ3) is 17.0. The Kier molecular flexibility index (Phi) is 26.7. The van der Waals surface area contributed by atoms with E-state index in [1.807, 2.05) is 55.6 Å². The zero-order valence-corrected chi connectivity index (χ0v) is 39.0. The fourth-order valence-electron chi connectivity index (χ4n) is 7.01. The van der Waals surface area contributed by atoms with Gasteiger partial charge in [0, 0.05) is 23.1 Å². The van der Waals surface area contributed by atoms with Gasteiger partial charge in [-0.05, 0) is 111 Å². The molecule has 4 aromatic carbocycles. The minimum Gasteiger partial charge on any atom is -0.466 e. The van der Waals surface area contributed by atoms with Gasteiger partial charge < -0.3 is 10.1 Å². The van der Waals surface area contributed by atoms with E-state index in [0.29, 0.717) is 30.4 Å². The summed E-state index contributed by atoms with van der Waals surface area (Å²) in [5.74, 6) is 0.480. The maximum Gasteiger partial charge on any atom is 0.305 e. The number of halogens is 1. The van der Waals surface area contributed by atoms with E-state index < -0.39 is 5.54 Å². The van der Waals surface area contributed by atoms with Gasteiger partial charge in [0.15, 0.2) is 5.78 Å². The van der Waals surface area contributed by atoms with Gasteiger partial charge in [-0.2, -0.15) is 25.3 Å². The molecular formula is C49H64ClNO3S4. The van der Waals surface area contributed by atoms with E-state index in [1.54, 1.807) is 24.3 Å². The maximum atomic E-state index is 12.3. The molecule has 0 aliphatic heterocycles. The van der Waals surface area contributed by atoms with Crippen LogP contribution in [0, 0.1) is 0 Å². The van der Waals surface area contributed by atoms with Crippen molar-refractivity contribution >= 4 is 76.8 Å². The Balaban J connectivity index is 0.000000480. The van der Waals surface area contributed by atoms with E-state index in [1.165, 1.54) is 16.7 Å². The normalized spacial score (nSPS) is 15.5. The summed E-state index contributed by atoms with van der Waals surface area (Å²) >= 11 is 20.9. The molecule has 0 saturated heterocycles. The summed E-state index contributed by atoms with van der Waals surface area (Å²) in [6, 6.07) is 37.6. The summed E-state index contributed by atoms with van der Waals surface area (Å²) in [5.41, 5.74) is 5.37. The Hall–Kier alpha value is -2.85. The number of thiocarbonyl (C=S) groups is 1. The molecule has 3 atom stereocenters. The van der Waals surface area contributed by atoms with Gasteiger partial charge in [-0.1, -0.05) is 153 Å². The van der Waals surface area contributed by atoms with Gasteiger partial charge in [-0.3, -0.25) is 9.59 Å². The minimum atomic E-state index is -0.559. The van der Waals surface area contributed by atoms with Crippen molar-refractivity contribution in [3.63, 3.8) is 0 Å². The summed E-state index contributed by atoms with van der Waals surface area (Å²) in [4.78, 5) is 24.5. The number of hydrogen-bond donors (Lipinski definition) is 3. The lowest BCUT2D eigenvalue weighted by Gasteiger charge is -2.36. The number of hydrogen-bond acceptors (Lipinski definition) is 8. The molecule has 1 saturated carbocycles. The quantitative estimate of drug-likeness (QED) is 0.0304. The van der Waals surface area contributed by atoms with Crippen LogP contribution in [-0.2, 0) is 26.3 Å². The lowest BCUT2D eigenvalue weighted by atomic mass is 9.75. The maximum absolute atomic E-state index is 12.3. The second-order valence-electron chi connectivity index (χ2n) is 13.9. The van der Waals surface area contributed by atoms with Gasteiger partial charge >= 0.3 is 5.97 Å². The van der Waals surface area contributed by atoms with Crippen LogP contribution in [0.3, 0.4) is 0 Å². The monoisotopic (exact) mass is 877 g/mol. The largest absolute Gasteiger partial charge is 0.466 e. The highest BCUT2D eigenvalue weighted by atomic mass is 35.5. The van der Waals surface area contributed by atoms with E-state index in [0.717, 1.165) is 79.5 Å². The van der Waals surface area contributed by atoms with Gasteiger partial charge in [0.1, 0.15) is 5.54 Å². The van der Waals surface area contributed by atoms with Crippen LogP contribution in [0.4, 0.5) is 0 Å². The number of ether oxygens (including phenoxy) is 1. The van der Waals surface area contributed by atoms with Crippen molar-refractivity contribution in [2.75, 3.05) is 26.2 Å². The van der Waals surface area contributed by atoms with Crippen LogP contribution in [0.2, 0.25) is 5.02 Å². The minimum absolute atomic E-state index is 0.0868. The van der Waals surface area contributed by atoms with E-state index >= 15 is 0 Å². The van der Waals surface area contributed by atoms with Gasteiger partial charge in [0.2, 0.25) is 0 Å². The third-order valence-electron chi connectivity index (χ3n) is 10.2. The van der Waals surface area contributed by atoms with Crippen LogP contribution in [0.15, 0.2) is 122 Å². The standard InChI is InChI=1S/C34H40O2S2.C13H16ClNO.2CH4S/c1-3-5-14-27-21-23-28(24-22-27)31(19-13-20-33(35)36-25-6-4-2)26-32(29-15-9-7-10-16-29)38-34(37)30-17-11-8-12-18-30;1-15-13(9-5-4-8-12(13)16)10-6-2-3-7-11(10)14;2*1-2/h3,7-12,15-18,21-24,31-32H,1,4-6,13-14,19-20,25-26H2,2H3;2-3,6-7,15H,4-5,8-9H2,1H3;2*2H,1H3. The van der Waals surface area contributed by atoms with Gasteiger partial charge in [-0.15, -0.1) is 18.3 Å². The highest BCUT2D eigenvalue weighted by Crippen LogP contribution is 2.42. The summed E-state index contributed by atoms with van der Waals surface area (Å²) in [6.45, 7) is 6.47. The van der Waals surface area contributed by atoms with E-state index in [-0.39, 0.29) is 17.0 Å². The van der Waals surface area contributed by atoms with Crippen LogP contribution in [0.25, 0.3) is 0 Å². The average Bonchev–Trinajstić information content (AvgIpc) is 3.28. The summed E-state index contributed by atoms with van der Waals surface area (Å²) < 4.78 is 6.32. The van der Waals surface area contributed by atoms with Crippen molar-refractivity contribution in [3.05, 3.63) is 155 Å². The van der Waals surface area contributed by atoms with E-state index in [2.05, 4.69) is 111 Å². The first-order chi connectivity index (χ1) is 28.3. The van der Waals surface area contributed by atoms with Crippen LogP contribution in [0.5, 0.6) is 0 Å². The number of allylic oxidation sites excluding steroid dienone is 1. The molecule has 0 aromatic heterocycles. The fourth-order valence-corrected chi connectivity index (χ4v) is 8.94. The van der Waals surface area contributed by atoms with Crippen molar-refractivity contribution in [2.24, 2.45) is 0 Å². The molecule has 4 aromatic rings. The van der Waals surface area contributed by atoms with Gasteiger partial charge in [-0.25, -0.2) is 0 Å². The smallest absolute Gasteiger partial charge is 0.305 e. The molecule has 0 heterocycles. The number of thioether (sulfide) groups is 1. The molecular weight excluding hydrogens is 814 g/mol. The summed E-state index contributed by atoms with van der Waals surface area (Å²) in [7, 11) is 1.84. The molecule has 58 heavy (non-hydrogen) atoms. The van der Waals surface area contributed by atoms with E-state index in [9.17, 15) is 9.59 Å². The number of likely N-dealkylation sites (N-methyl/N-ethyl adjacent to an activating group) is 1. The van der Waals surface area contributed by atoms with Crippen LogP contribution >= 0.6 is 60.8 Å². The number of ketones is 1. The Bertz CT molecular complexity index is 1760. The van der Waals surface area contributed by atoms with Crippen LogP contribution < -0.4 is 5.32 Å². The number of Topliss-reactive ketones (excluding diaryl/α,β-unsaturated/α-hetero) is 1. The number of thiol groups is 2. The SMILES string of the molecule is C=CCCc1ccc(C(CCCC(=O)OCCCC)CC(SC(=S)c2ccccc2)c2ccccc2)cc1.CNC1(c2ccccc2Cl)CCCCC1=O.CS.CS. The first-order valence-electron chi connectivity index (χ1n) is 20.3. The lowest BCUT2D eigenvalue weighted by Crippen LogP contribution is -2.49. The molecule has 1 aliphatic carbocycles. The van der Waals surface area contributed by atoms with E-state index in [4.69, 9.17) is 28.6 Å². The van der Waals surface area contributed by atoms with Crippen molar-refractivity contribution in [2.45, 2.75) is 101 Å². The number of unbranched alkanes of at least 4 members (excludes halogenated alkanes) is 1. The molecule has 5 rings (SSSR count). The molecule has 0 amide bonds. The average molecular weight is 879 g/mol. The third-order valence-corrected chi connectivity index (χ3v) is 12.2. The molecule has 9 heteroatoms. The first-order valence-corrected chi connectivity index (χ1v) is 23.8. The number of rotatable bonds is 18. The molecule has 1 N–H and O–H groups in total. The Morgan fingerprint density at radius 2 is 1.55 bits per heavy atom. The number of esters is 1. The molecule has 0 bridgehead atoms. The number of carbonyl (C=O) groups is 2. The Morgan fingerprint density at radius 3 is 2.16 bits per heavy atom.